The van der Waals surface area contributed by atoms with E-state index in [0.29, 0.717) is 22.0 Å². The zero-order valence-corrected chi connectivity index (χ0v) is 13.9. The van der Waals surface area contributed by atoms with Gasteiger partial charge in [0, 0.05) is 10.6 Å². The minimum Gasteiger partial charge on any atom is -0.482 e. The lowest BCUT2D eigenvalue weighted by atomic mass is 10.0. The Morgan fingerprint density at radius 1 is 1.33 bits per heavy atom. The molecule has 1 atom stereocenters. The van der Waals surface area contributed by atoms with Gasteiger partial charge in [-0.1, -0.05) is 30.7 Å². The highest BCUT2D eigenvalue weighted by Crippen LogP contribution is 2.29. The molecule has 0 aromatic heterocycles. The predicted octanol–water partition coefficient (Wildman–Crippen LogP) is 3.55. The zero-order valence-electron chi connectivity index (χ0n) is 13.1. The first-order chi connectivity index (χ1) is 11.6. The van der Waals surface area contributed by atoms with Crippen LogP contribution in [0.25, 0.3) is 0 Å². The first-order valence-corrected chi connectivity index (χ1v) is 8.07. The Kier molecular flexibility index (Phi) is 4.71. The normalized spacial score (nSPS) is 14.2. The maximum Gasteiger partial charge on any atom is 0.262 e. The fourth-order valence-electron chi connectivity index (χ4n) is 2.60. The smallest absolute Gasteiger partial charge is 0.262 e. The number of carbonyl (C=O) groups excluding carboxylic acids is 2. The van der Waals surface area contributed by atoms with Crippen molar-refractivity contribution in [3.63, 3.8) is 0 Å². The average molecular weight is 345 g/mol. The molecule has 1 heterocycles. The third kappa shape index (κ3) is 3.51. The van der Waals surface area contributed by atoms with Gasteiger partial charge in [-0.3, -0.25) is 9.59 Å². The summed E-state index contributed by atoms with van der Waals surface area (Å²) in [4.78, 5) is 23.8. The van der Waals surface area contributed by atoms with Gasteiger partial charge in [0.15, 0.2) is 6.61 Å². The summed E-state index contributed by atoms with van der Waals surface area (Å²) in [6.45, 7) is 1.95. The number of amides is 2. The van der Waals surface area contributed by atoms with Crippen molar-refractivity contribution >= 4 is 29.1 Å². The summed E-state index contributed by atoms with van der Waals surface area (Å²) in [7, 11) is 0. The molecular formula is C18H17ClN2O3. The van der Waals surface area contributed by atoms with Crippen molar-refractivity contribution in [1.29, 1.82) is 0 Å². The lowest BCUT2D eigenvalue weighted by molar-refractivity contribution is -0.118. The first kappa shape index (κ1) is 16.3. The van der Waals surface area contributed by atoms with Crippen LogP contribution in [-0.2, 0) is 4.79 Å². The quantitative estimate of drug-likeness (QED) is 0.891. The molecule has 2 N–H and O–H groups in total. The van der Waals surface area contributed by atoms with Gasteiger partial charge >= 0.3 is 0 Å². The van der Waals surface area contributed by atoms with Gasteiger partial charge in [-0.05, 0) is 42.3 Å². The van der Waals surface area contributed by atoms with Crippen LogP contribution in [0.15, 0.2) is 42.5 Å². The Balaban J connectivity index is 1.77. The monoisotopic (exact) mass is 344 g/mol. The molecular weight excluding hydrogens is 328 g/mol. The summed E-state index contributed by atoms with van der Waals surface area (Å²) >= 11 is 6.03. The van der Waals surface area contributed by atoms with Gasteiger partial charge in [0.1, 0.15) is 5.75 Å². The molecule has 0 radical (unpaired) electrons. The Morgan fingerprint density at radius 2 is 2.17 bits per heavy atom. The number of fused-ring (bicyclic) bond motifs is 1. The number of hydrogen-bond donors (Lipinski definition) is 2. The van der Waals surface area contributed by atoms with Crippen LogP contribution >= 0.6 is 11.6 Å². The molecule has 6 heteroatoms. The van der Waals surface area contributed by atoms with Crippen LogP contribution in [-0.4, -0.2) is 18.4 Å². The van der Waals surface area contributed by atoms with Crippen molar-refractivity contribution in [2.24, 2.45) is 0 Å². The van der Waals surface area contributed by atoms with E-state index in [1.807, 2.05) is 25.1 Å². The van der Waals surface area contributed by atoms with E-state index in [9.17, 15) is 9.59 Å². The maximum atomic E-state index is 12.5. The second-order valence-electron chi connectivity index (χ2n) is 5.54. The Bertz CT molecular complexity index is 792. The lowest BCUT2D eigenvalue weighted by Crippen LogP contribution is -2.29. The molecule has 2 aromatic carbocycles. The van der Waals surface area contributed by atoms with E-state index in [4.69, 9.17) is 16.3 Å². The van der Waals surface area contributed by atoms with Crippen molar-refractivity contribution in [1.82, 2.24) is 5.32 Å². The number of nitrogens with one attached hydrogen (secondary N) is 2. The van der Waals surface area contributed by atoms with Crippen LogP contribution in [0, 0.1) is 0 Å². The number of anilines is 1. The summed E-state index contributed by atoms with van der Waals surface area (Å²) in [5, 5.41) is 6.34. The molecule has 5 nitrogen and oxygen atoms in total. The molecule has 0 fully saturated rings. The van der Waals surface area contributed by atoms with E-state index in [0.717, 1.165) is 12.0 Å². The van der Waals surface area contributed by atoms with Gasteiger partial charge in [0.2, 0.25) is 0 Å². The SMILES string of the molecule is CCC(NC(=O)c1ccc2c(c1)OCC(=O)N2)c1cccc(Cl)c1. The van der Waals surface area contributed by atoms with Gasteiger partial charge in [-0.15, -0.1) is 0 Å². The molecule has 0 saturated carbocycles. The van der Waals surface area contributed by atoms with Crippen molar-refractivity contribution in [3.8, 4) is 5.75 Å². The molecule has 0 bridgehead atoms. The molecule has 1 aliphatic heterocycles. The standard InChI is InChI=1S/C18H17ClN2O3/c1-2-14(11-4-3-5-13(19)8-11)21-18(23)12-6-7-15-16(9-12)24-10-17(22)20-15/h3-9,14H,2,10H2,1H3,(H,20,22)(H,21,23). The highest BCUT2D eigenvalue weighted by molar-refractivity contribution is 6.30. The van der Waals surface area contributed by atoms with Gasteiger partial charge in [0.25, 0.3) is 11.8 Å². The molecule has 0 aliphatic carbocycles. The lowest BCUT2D eigenvalue weighted by Gasteiger charge is -2.20. The Labute approximate surface area is 145 Å². The molecule has 3 rings (SSSR count). The molecule has 0 saturated heterocycles. The zero-order chi connectivity index (χ0) is 17.1. The van der Waals surface area contributed by atoms with Crippen LogP contribution < -0.4 is 15.4 Å². The summed E-state index contributed by atoms with van der Waals surface area (Å²) < 4.78 is 5.35. The van der Waals surface area contributed by atoms with Crippen LogP contribution in [0.3, 0.4) is 0 Å². The first-order valence-electron chi connectivity index (χ1n) is 7.70. The molecule has 0 spiro atoms. The molecule has 1 aliphatic rings. The number of rotatable bonds is 4. The summed E-state index contributed by atoms with van der Waals surface area (Å²) in [5.41, 5.74) is 2.01. The Hall–Kier alpha value is -2.53. The van der Waals surface area contributed by atoms with Crippen molar-refractivity contribution < 1.29 is 14.3 Å². The Morgan fingerprint density at radius 3 is 2.92 bits per heavy atom. The van der Waals surface area contributed by atoms with Crippen molar-refractivity contribution in [3.05, 3.63) is 58.6 Å². The largest absolute Gasteiger partial charge is 0.482 e. The average Bonchev–Trinajstić information content (AvgIpc) is 2.59. The second kappa shape index (κ2) is 6.93. The van der Waals surface area contributed by atoms with Crippen LogP contribution in [0.5, 0.6) is 5.75 Å². The van der Waals surface area contributed by atoms with E-state index in [1.54, 1.807) is 24.3 Å². The molecule has 124 valence electrons. The maximum absolute atomic E-state index is 12.5. The molecule has 24 heavy (non-hydrogen) atoms. The second-order valence-corrected chi connectivity index (χ2v) is 5.97. The fraction of sp³-hybridized carbons (Fsp3) is 0.222. The summed E-state index contributed by atoms with van der Waals surface area (Å²) in [5.74, 6) is 0.0925. The molecule has 2 amide bonds. The predicted molar refractivity (Wildman–Crippen MR) is 92.5 cm³/mol. The van der Waals surface area contributed by atoms with Crippen LogP contribution in [0.2, 0.25) is 5.02 Å². The van der Waals surface area contributed by atoms with Crippen LogP contribution in [0.1, 0.15) is 35.3 Å². The third-order valence-electron chi connectivity index (χ3n) is 3.84. The molecule has 1 unspecified atom stereocenters. The number of ether oxygens (including phenoxy) is 1. The van der Waals surface area contributed by atoms with Crippen molar-refractivity contribution in [2.45, 2.75) is 19.4 Å². The number of benzene rings is 2. The highest BCUT2D eigenvalue weighted by atomic mass is 35.5. The van der Waals surface area contributed by atoms with Crippen molar-refractivity contribution in [2.75, 3.05) is 11.9 Å². The number of halogens is 1. The fourth-order valence-corrected chi connectivity index (χ4v) is 2.80. The van der Waals surface area contributed by atoms with E-state index in [1.165, 1.54) is 0 Å². The number of carbonyl (C=O) groups is 2. The molecule has 2 aromatic rings. The summed E-state index contributed by atoms with van der Waals surface area (Å²) in [6.07, 6.45) is 0.740. The topological polar surface area (TPSA) is 67.4 Å². The van der Waals surface area contributed by atoms with Crippen LogP contribution in [0.4, 0.5) is 5.69 Å². The van der Waals surface area contributed by atoms with Gasteiger partial charge in [-0.25, -0.2) is 0 Å². The van der Waals surface area contributed by atoms with E-state index in [-0.39, 0.29) is 24.5 Å². The van der Waals surface area contributed by atoms with Gasteiger partial charge in [0.05, 0.1) is 11.7 Å². The minimum absolute atomic E-state index is 0.0435. The van der Waals surface area contributed by atoms with Gasteiger partial charge < -0.3 is 15.4 Å². The third-order valence-corrected chi connectivity index (χ3v) is 4.08. The van der Waals surface area contributed by atoms with E-state index in [2.05, 4.69) is 10.6 Å². The number of hydrogen-bond acceptors (Lipinski definition) is 3. The van der Waals surface area contributed by atoms with E-state index >= 15 is 0 Å². The van der Waals surface area contributed by atoms with Gasteiger partial charge in [-0.2, -0.15) is 0 Å². The highest BCUT2D eigenvalue weighted by Gasteiger charge is 2.19. The summed E-state index contributed by atoms with van der Waals surface area (Å²) in [6, 6.07) is 12.3. The minimum atomic E-state index is -0.204. The van der Waals surface area contributed by atoms with E-state index < -0.39 is 0 Å².